The molecule has 0 atom stereocenters. The van der Waals surface area contributed by atoms with E-state index in [1.165, 1.54) is 18.9 Å². The Bertz CT molecular complexity index is 1090. The normalized spacial score (nSPS) is 16.3. The molecule has 32 heavy (non-hydrogen) atoms. The average Bonchev–Trinajstić information content (AvgIpc) is 3.08. The van der Waals surface area contributed by atoms with Crippen LogP contribution in [-0.4, -0.2) is 42.7 Å². The van der Waals surface area contributed by atoms with Gasteiger partial charge in [0.1, 0.15) is 5.75 Å². The number of amidine groups is 1. The van der Waals surface area contributed by atoms with Crippen molar-refractivity contribution in [2.75, 3.05) is 20.8 Å². The minimum Gasteiger partial charge on any atom is -0.496 e. The van der Waals surface area contributed by atoms with E-state index in [1.54, 1.807) is 36.3 Å². The van der Waals surface area contributed by atoms with Gasteiger partial charge in [-0.05, 0) is 90.7 Å². The third-order valence-electron chi connectivity index (χ3n) is 5.24. The van der Waals surface area contributed by atoms with Crippen molar-refractivity contribution in [2.45, 2.75) is 33.6 Å². The van der Waals surface area contributed by atoms with Gasteiger partial charge in [0.15, 0.2) is 5.17 Å². The van der Waals surface area contributed by atoms with E-state index in [0.29, 0.717) is 33.8 Å². The highest BCUT2D eigenvalue weighted by Gasteiger charge is 2.32. The van der Waals surface area contributed by atoms with Gasteiger partial charge in [0.05, 0.1) is 30.4 Å². The summed E-state index contributed by atoms with van der Waals surface area (Å²) in [6, 6.07) is 10.9. The Hall–Kier alpha value is -3.06. The second-order valence-electron chi connectivity index (χ2n) is 7.70. The molecule has 0 N–H and O–H groups in total. The number of amides is 1. The van der Waals surface area contributed by atoms with Gasteiger partial charge < -0.3 is 9.47 Å². The Balaban J connectivity index is 1.95. The summed E-state index contributed by atoms with van der Waals surface area (Å²) in [6.07, 6.45) is 1.93. The number of ether oxygens (including phenoxy) is 2. The van der Waals surface area contributed by atoms with Crippen molar-refractivity contribution in [2.24, 2.45) is 4.99 Å². The number of methoxy groups -OCH3 is 2. The molecule has 0 aliphatic carbocycles. The van der Waals surface area contributed by atoms with Crippen molar-refractivity contribution < 1.29 is 19.1 Å². The van der Waals surface area contributed by atoms with Crippen LogP contribution >= 0.6 is 11.8 Å². The summed E-state index contributed by atoms with van der Waals surface area (Å²) >= 11 is 1.35. The summed E-state index contributed by atoms with van der Waals surface area (Å²) in [4.78, 5) is 31.6. The van der Waals surface area contributed by atoms with E-state index in [2.05, 4.69) is 24.9 Å². The molecule has 1 aliphatic heterocycles. The number of carbonyl (C=O) groups is 2. The summed E-state index contributed by atoms with van der Waals surface area (Å²) in [5.74, 6) is 0.694. The maximum atomic E-state index is 13.0. The Morgan fingerprint density at radius 2 is 1.88 bits per heavy atom. The van der Waals surface area contributed by atoms with Crippen LogP contribution in [0.3, 0.4) is 0 Å². The summed E-state index contributed by atoms with van der Waals surface area (Å²) in [6.45, 7) is 8.69. The van der Waals surface area contributed by atoms with E-state index in [0.717, 1.165) is 22.4 Å². The first-order chi connectivity index (χ1) is 15.3. The monoisotopic (exact) mass is 452 g/mol. The number of benzene rings is 2. The van der Waals surface area contributed by atoms with Crippen molar-refractivity contribution in [3.63, 3.8) is 0 Å². The molecular formula is C25H28N2O4S. The molecule has 1 amide bonds. The number of likely N-dealkylation sites (N-methyl/N-ethyl adjacent to an activating group) is 1. The van der Waals surface area contributed by atoms with Gasteiger partial charge in [-0.3, -0.25) is 9.69 Å². The van der Waals surface area contributed by atoms with Crippen LogP contribution in [0.4, 0.5) is 5.69 Å². The van der Waals surface area contributed by atoms with Crippen LogP contribution in [0.1, 0.15) is 53.7 Å². The lowest BCUT2D eigenvalue weighted by atomic mass is 9.96. The van der Waals surface area contributed by atoms with Crippen molar-refractivity contribution >= 4 is 40.6 Å². The number of rotatable bonds is 6. The fraction of sp³-hybridized carbons (Fsp3) is 0.320. The fourth-order valence-electron chi connectivity index (χ4n) is 3.41. The van der Waals surface area contributed by atoms with Gasteiger partial charge in [-0.1, -0.05) is 13.8 Å². The van der Waals surface area contributed by atoms with Crippen molar-refractivity contribution in [1.82, 2.24) is 4.90 Å². The van der Waals surface area contributed by atoms with Crippen LogP contribution in [0, 0.1) is 6.92 Å². The van der Waals surface area contributed by atoms with Crippen LogP contribution in [0.15, 0.2) is 46.3 Å². The van der Waals surface area contributed by atoms with Gasteiger partial charge >= 0.3 is 5.97 Å². The lowest BCUT2D eigenvalue weighted by Gasteiger charge is -2.15. The van der Waals surface area contributed by atoms with Gasteiger partial charge in [0.2, 0.25) is 0 Å². The van der Waals surface area contributed by atoms with E-state index in [1.807, 2.05) is 26.0 Å². The van der Waals surface area contributed by atoms with Crippen molar-refractivity contribution in [3.05, 3.63) is 63.6 Å². The van der Waals surface area contributed by atoms with Gasteiger partial charge in [-0.2, -0.15) is 0 Å². The highest BCUT2D eigenvalue weighted by atomic mass is 32.2. The molecule has 1 fully saturated rings. The Morgan fingerprint density at radius 1 is 1.19 bits per heavy atom. The van der Waals surface area contributed by atoms with Gasteiger partial charge in [0.25, 0.3) is 5.91 Å². The SMILES string of the molecule is CCN1C(=O)/C(=C\c2cc(C(C)C)c(OC)cc2C)SC1=Nc1ccc(C(=O)OC)cc1. The summed E-state index contributed by atoms with van der Waals surface area (Å²) < 4.78 is 10.3. The van der Waals surface area contributed by atoms with Crippen molar-refractivity contribution in [3.8, 4) is 5.75 Å². The highest BCUT2D eigenvalue weighted by molar-refractivity contribution is 8.18. The molecule has 1 saturated heterocycles. The van der Waals surface area contributed by atoms with Gasteiger partial charge in [-0.25, -0.2) is 9.79 Å². The van der Waals surface area contributed by atoms with Crippen LogP contribution in [0.25, 0.3) is 6.08 Å². The molecule has 2 aromatic rings. The molecule has 1 aliphatic rings. The molecule has 3 rings (SSSR count). The summed E-state index contributed by atoms with van der Waals surface area (Å²) in [7, 11) is 3.02. The number of nitrogens with zero attached hydrogens (tertiary/aromatic N) is 2. The third-order valence-corrected chi connectivity index (χ3v) is 6.25. The molecule has 6 nitrogen and oxygen atoms in total. The highest BCUT2D eigenvalue weighted by Crippen LogP contribution is 2.36. The van der Waals surface area contributed by atoms with Gasteiger partial charge in [0, 0.05) is 6.54 Å². The maximum Gasteiger partial charge on any atom is 0.337 e. The first-order valence-corrected chi connectivity index (χ1v) is 11.3. The third kappa shape index (κ3) is 4.88. The predicted octanol–water partition coefficient (Wildman–Crippen LogP) is 5.54. The van der Waals surface area contributed by atoms with E-state index >= 15 is 0 Å². The number of carbonyl (C=O) groups excluding carboxylic acids is 2. The molecular weight excluding hydrogens is 424 g/mol. The fourth-order valence-corrected chi connectivity index (χ4v) is 4.46. The smallest absolute Gasteiger partial charge is 0.337 e. The van der Waals surface area contributed by atoms with E-state index in [9.17, 15) is 9.59 Å². The summed E-state index contributed by atoms with van der Waals surface area (Å²) in [5, 5.41) is 0.616. The molecule has 168 valence electrons. The average molecular weight is 453 g/mol. The second-order valence-corrected chi connectivity index (χ2v) is 8.71. The molecule has 0 aromatic heterocycles. The van der Waals surface area contributed by atoms with Crippen LogP contribution < -0.4 is 4.74 Å². The largest absolute Gasteiger partial charge is 0.496 e. The minimum atomic E-state index is -0.398. The molecule has 0 spiro atoms. The van der Waals surface area contributed by atoms with Crippen LogP contribution in [-0.2, 0) is 9.53 Å². The zero-order valence-corrected chi connectivity index (χ0v) is 20.1. The molecule has 0 unspecified atom stereocenters. The predicted molar refractivity (Wildman–Crippen MR) is 130 cm³/mol. The molecule has 7 heteroatoms. The molecule has 2 aromatic carbocycles. The Labute approximate surface area is 193 Å². The zero-order chi connectivity index (χ0) is 23.4. The maximum absolute atomic E-state index is 13.0. The number of hydrogen-bond donors (Lipinski definition) is 0. The number of aryl methyl sites for hydroxylation is 1. The van der Waals surface area contributed by atoms with E-state index < -0.39 is 5.97 Å². The van der Waals surface area contributed by atoms with Crippen LogP contribution in [0.5, 0.6) is 5.75 Å². The summed E-state index contributed by atoms with van der Waals surface area (Å²) in [5.41, 5.74) is 4.25. The molecule has 0 bridgehead atoms. The lowest BCUT2D eigenvalue weighted by Crippen LogP contribution is -2.28. The second kappa shape index (κ2) is 10.0. The number of hydrogen-bond acceptors (Lipinski definition) is 6. The Kier molecular flexibility index (Phi) is 7.40. The van der Waals surface area contributed by atoms with Crippen LogP contribution in [0.2, 0.25) is 0 Å². The molecule has 1 heterocycles. The van der Waals surface area contributed by atoms with E-state index in [4.69, 9.17) is 9.47 Å². The number of aliphatic imine (C=N–C) groups is 1. The first kappa shape index (κ1) is 23.6. The molecule has 0 saturated carbocycles. The topological polar surface area (TPSA) is 68.2 Å². The Morgan fingerprint density at radius 3 is 2.44 bits per heavy atom. The minimum absolute atomic E-state index is 0.0660. The zero-order valence-electron chi connectivity index (χ0n) is 19.3. The quantitative estimate of drug-likeness (QED) is 0.425. The van der Waals surface area contributed by atoms with Crippen molar-refractivity contribution in [1.29, 1.82) is 0 Å². The number of esters is 1. The van der Waals surface area contributed by atoms with E-state index in [-0.39, 0.29) is 5.91 Å². The first-order valence-electron chi connectivity index (χ1n) is 10.5. The number of thioether (sulfide) groups is 1. The lowest BCUT2D eigenvalue weighted by molar-refractivity contribution is -0.122. The van der Waals surface area contributed by atoms with Gasteiger partial charge in [-0.15, -0.1) is 0 Å². The molecule has 0 radical (unpaired) electrons. The standard InChI is InChI=1S/C25H28N2O4S/c1-7-27-23(28)22(14-18-13-20(15(2)3)21(30-5)12-16(18)4)32-25(27)26-19-10-8-17(9-11-19)24(29)31-6/h8-15H,7H2,1-6H3/b22-14+,26-25?.